The van der Waals surface area contributed by atoms with Crippen molar-refractivity contribution in [2.45, 2.75) is 38.2 Å². The van der Waals surface area contributed by atoms with Gasteiger partial charge in [0.15, 0.2) is 0 Å². The van der Waals surface area contributed by atoms with E-state index in [-0.39, 0.29) is 18.4 Å². The summed E-state index contributed by atoms with van der Waals surface area (Å²) in [6.45, 7) is 0. The fourth-order valence-corrected chi connectivity index (χ4v) is 2.74. The number of carboxylic acids is 1. The first-order chi connectivity index (χ1) is 8.65. The van der Waals surface area contributed by atoms with Gasteiger partial charge in [0.2, 0.25) is 0 Å². The van der Waals surface area contributed by atoms with Crippen LogP contribution in [0, 0.1) is 5.92 Å². The van der Waals surface area contributed by atoms with E-state index in [1.807, 2.05) is 24.3 Å². The van der Waals surface area contributed by atoms with Gasteiger partial charge in [-0.15, -0.1) is 0 Å². The standard InChI is InChI=1S/C14H17BrO3/c15-11-5-7-12(8-6-11)18-13-4-2-1-3-10(13)9-14(16)17/h5-8,10,13H,1-4,9H2,(H,16,17). The Bertz CT molecular complexity index is 402. The normalized spacial score (nSPS) is 23.6. The van der Waals surface area contributed by atoms with Crippen molar-refractivity contribution in [3.8, 4) is 5.75 Å². The van der Waals surface area contributed by atoms with E-state index in [9.17, 15) is 4.79 Å². The Morgan fingerprint density at radius 1 is 1.28 bits per heavy atom. The van der Waals surface area contributed by atoms with E-state index in [2.05, 4.69) is 15.9 Å². The van der Waals surface area contributed by atoms with Gasteiger partial charge in [-0.1, -0.05) is 22.4 Å². The first-order valence-corrected chi connectivity index (χ1v) is 7.08. The molecule has 2 unspecified atom stereocenters. The van der Waals surface area contributed by atoms with Gasteiger partial charge in [-0.25, -0.2) is 0 Å². The van der Waals surface area contributed by atoms with Crippen molar-refractivity contribution in [3.63, 3.8) is 0 Å². The van der Waals surface area contributed by atoms with Gasteiger partial charge in [-0.3, -0.25) is 4.79 Å². The second kappa shape index (κ2) is 6.23. The lowest BCUT2D eigenvalue weighted by Gasteiger charge is -2.31. The summed E-state index contributed by atoms with van der Waals surface area (Å²) in [6, 6.07) is 7.70. The maximum Gasteiger partial charge on any atom is 0.303 e. The second-order valence-corrected chi connectivity index (χ2v) is 5.67. The Balaban J connectivity index is 2.00. The molecule has 98 valence electrons. The molecule has 18 heavy (non-hydrogen) atoms. The molecule has 0 aliphatic heterocycles. The van der Waals surface area contributed by atoms with Gasteiger partial charge in [0, 0.05) is 10.4 Å². The molecule has 4 heteroatoms. The molecule has 0 heterocycles. The average Bonchev–Trinajstić information content (AvgIpc) is 2.34. The van der Waals surface area contributed by atoms with Crippen LogP contribution in [0.3, 0.4) is 0 Å². The molecule has 1 aromatic rings. The molecule has 0 spiro atoms. The zero-order chi connectivity index (χ0) is 13.0. The Hall–Kier alpha value is -1.03. The predicted molar refractivity (Wildman–Crippen MR) is 72.8 cm³/mol. The largest absolute Gasteiger partial charge is 0.490 e. The zero-order valence-electron chi connectivity index (χ0n) is 10.1. The summed E-state index contributed by atoms with van der Waals surface area (Å²) in [6.07, 6.45) is 4.38. The van der Waals surface area contributed by atoms with Gasteiger partial charge in [0.05, 0.1) is 6.42 Å². The van der Waals surface area contributed by atoms with Crippen LogP contribution in [-0.2, 0) is 4.79 Å². The molecule has 1 aliphatic carbocycles. The molecule has 3 nitrogen and oxygen atoms in total. The number of aliphatic carboxylic acids is 1. The van der Waals surface area contributed by atoms with E-state index in [0.717, 1.165) is 35.9 Å². The van der Waals surface area contributed by atoms with Crippen LogP contribution in [0.4, 0.5) is 0 Å². The molecule has 1 aliphatic rings. The van der Waals surface area contributed by atoms with Crippen molar-refractivity contribution in [3.05, 3.63) is 28.7 Å². The number of hydrogen-bond donors (Lipinski definition) is 1. The van der Waals surface area contributed by atoms with Gasteiger partial charge < -0.3 is 9.84 Å². The number of carbonyl (C=O) groups is 1. The Labute approximate surface area is 115 Å². The highest BCUT2D eigenvalue weighted by atomic mass is 79.9. The molecular weight excluding hydrogens is 296 g/mol. The predicted octanol–water partition coefficient (Wildman–Crippen LogP) is 3.86. The third-order valence-electron chi connectivity index (χ3n) is 3.38. The van der Waals surface area contributed by atoms with E-state index in [1.165, 1.54) is 0 Å². The second-order valence-electron chi connectivity index (χ2n) is 4.75. The lowest BCUT2D eigenvalue weighted by Crippen LogP contribution is -2.32. The minimum atomic E-state index is -0.730. The number of hydrogen-bond acceptors (Lipinski definition) is 2. The van der Waals surface area contributed by atoms with E-state index in [4.69, 9.17) is 9.84 Å². The molecular formula is C14H17BrO3. The van der Waals surface area contributed by atoms with E-state index in [1.54, 1.807) is 0 Å². The fourth-order valence-electron chi connectivity index (χ4n) is 2.47. The topological polar surface area (TPSA) is 46.5 Å². The molecule has 2 atom stereocenters. The first-order valence-electron chi connectivity index (χ1n) is 6.29. The summed E-state index contributed by atoms with van der Waals surface area (Å²) >= 11 is 3.38. The molecule has 1 saturated carbocycles. The molecule has 2 rings (SSSR count). The summed E-state index contributed by atoms with van der Waals surface area (Å²) in [5, 5.41) is 8.92. The lowest BCUT2D eigenvalue weighted by molar-refractivity contribution is -0.139. The smallest absolute Gasteiger partial charge is 0.303 e. The SMILES string of the molecule is O=C(O)CC1CCCCC1Oc1ccc(Br)cc1. The minimum Gasteiger partial charge on any atom is -0.490 e. The van der Waals surface area contributed by atoms with Crippen molar-refractivity contribution >= 4 is 21.9 Å². The Morgan fingerprint density at radius 2 is 1.94 bits per heavy atom. The van der Waals surface area contributed by atoms with Crippen LogP contribution >= 0.6 is 15.9 Å². The summed E-state index contributed by atoms with van der Waals surface area (Å²) in [5.41, 5.74) is 0. The molecule has 0 aromatic heterocycles. The molecule has 1 aromatic carbocycles. The summed E-state index contributed by atoms with van der Waals surface area (Å²) in [5.74, 6) is 0.228. The van der Waals surface area contributed by atoms with Crippen LogP contribution in [0.5, 0.6) is 5.75 Å². The monoisotopic (exact) mass is 312 g/mol. The van der Waals surface area contributed by atoms with Gasteiger partial charge >= 0.3 is 5.97 Å². The highest BCUT2D eigenvalue weighted by Gasteiger charge is 2.28. The number of rotatable bonds is 4. The van der Waals surface area contributed by atoms with Crippen LogP contribution in [0.2, 0.25) is 0 Å². The van der Waals surface area contributed by atoms with Gasteiger partial charge in [-0.05, 0) is 43.5 Å². The summed E-state index contributed by atoms with van der Waals surface area (Å²) in [4.78, 5) is 10.8. The minimum absolute atomic E-state index is 0.0380. The molecule has 0 radical (unpaired) electrons. The fraction of sp³-hybridized carbons (Fsp3) is 0.500. The molecule has 0 amide bonds. The molecule has 1 fully saturated rings. The zero-order valence-corrected chi connectivity index (χ0v) is 11.7. The van der Waals surface area contributed by atoms with Crippen molar-refractivity contribution in [2.75, 3.05) is 0 Å². The maximum absolute atomic E-state index is 10.8. The molecule has 1 N–H and O–H groups in total. The van der Waals surface area contributed by atoms with Crippen LogP contribution in [-0.4, -0.2) is 17.2 Å². The van der Waals surface area contributed by atoms with Gasteiger partial charge in [-0.2, -0.15) is 0 Å². The Kier molecular flexibility index (Phi) is 4.64. The third kappa shape index (κ3) is 3.73. The van der Waals surface area contributed by atoms with Crippen molar-refractivity contribution in [2.24, 2.45) is 5.92 Å². The van der Waals surface area contributed by atoms with Gasteiger partial charge in [0.1, 0.15) is 11.9 Å². The maximum atomic E-state index is 10.8. The number of benzene rings is 1. The van der Waals surface area contributed by atoms with Gasteiger partial charge in [0.25, 0.3) is 0 Å². The van der Waals surface area contributed by atoms with E-state index < -0.39 is 5.97 Å². The van der Waals surface area contributed by atoms with Crippen molar-refractivity contribution < 1.29 is 14.6 Å². The Morgan fingerprint density at radius 3 is 2.61 bits per heavy atom. The first kappa shape index (κ1) is 13.4. The van der Waals surface area contributed by atoms with E-state index in [0.29, 0.717) is 0 Å². The van der Waals surface area contributed by atoms with Crippen LogP contribution in [0.25, 0.3) is 0 Å². The number of ether oxygens (including phenoxy) is 1. The van der Waals surface area contributed by atoms with Crippen LogP contribution in [0.15, 0.2) is 28.7 Å². The van der Waals surface area contributed by atoms with Crippen LogP contribution in [0.1, 0.15) is 32.1 Å². The number of halogens is 1. The lowest BCUT2D eigenvalue weighted by atomic mass is 9.84. The third-order valence-corrected chi connectivity index (χ3v) is 3.91. The number of carboxylic acid groups (broad SMARTS) is 1. The van der Waals surface area contributed by atoms with Crippen molar-refractivity contribution in [1.29, 1.82) is 0 Å². The molecule has 0 saturated heterocycles. The quantitative estimate of drug-likeness (QED) is 0.918. The summed E-state index contributed by atoms with van der Waals surface area (Å²) < 4.78 is 6.95. The highest BCUT2D eigenvalue weighted by Crippen LogP contribution is 2.31. The summed E-state index contributed by atoms with van der Waals surface area (Å²) in [7, 11) is 0. The van der Waals surface area contributed by atoms with E-state index >= 15 is 0 Å². The highest BCUT2D eigenvalue weighted by molar-refractivity contribution is 9.10. The van der Waals surface area contributed by atoms with Crippen LogP contribution < -0.4 is 4.74 Å². The average molecular weight is 313 g/mol. The van der Waals surface area contributed by atoms with Crippen molar-refractivity contribution in [1.82, 2.24) is 0 Å². The molecule has 0 bridgehead atoms.